The van der Waals surface area contributed by atoms with E-state index in [0.29, 0.717) is 0 Å². The maximum atomic E-state index is 11.5. The largest absolute Gasteiger partial charge is 0.575 e. The van der Waals surface area contributed by atoms with Crippen LogP contribution in [0.3, 0.4) is 0 Å². The molecule has 2 aromatic carbocycles. The van der Waals surface area contributed by atoms with E-state index in [-0.39, 0.29) is 6.04 Å². The molecule has 2 aromatic rings. The number of benzene rings is 2. The van der Waals surface area contributed by atoms with Gasteiger partial charge in [0.2, 0.25) is 0 Å². The highest BCUT2D eigenvalue weighted by Crippen LogP contribution is 2.39. The molecule has 1 heterocycles. The zero-order valence-electron chi connectivity index (χ0n) is 11.4. The third-order valence-corrected chi connectivity index (χ3v) is 4.20. The SMILES string of the molecule is [B-]N1CCC[C@@H]1C(O)(c1ccccc1)c1ccccc1. The molecular weight excluding hydrogens is 245 g/mol. The van der Waals surface area contributed by atoms with Gasteiger partial charge in [-0.15, -0.1) is 0 Å². The number of aliphatic hydroxyl groups is 1. The van der Waals surface area contributed by atoms with Gasteiger partial charge >= 0.3 is 0 Å². The highest BCUT2D eigenvalue weighted by Gasteiger charge is 2.40. The maximum Gasteiger partial charge on any atom is 0.126 e. The predicted octanol–water partition coefficient (Wildman–Crippen LogP) is 2.47. The molecule has 3 rings (SSSR count). The van der Waals surface area contributed by atoms with E-state index in [1.807, 2.05) is 60.7 Å². The average molecular weight is 263 g/mol. The van der Waals surface area contributed by atoms with Crippen molar-refractivity contribution in [2.24, 2.45) is 0 Å². The Morgan fingerprint density at radius 1 is 0.950 bits per heavy atom. The van der Waals surface area contributed by atoms with Crippen LogP contribution < -0.4 is 0 Å². The van der Waals surface area contributed by atoms with Crippen LogP contribution >= 0.6 is 0 Å². The topological polar surface area (TPSA) is 23.5 Å². The summed E-state index contributed by atoms with van der Waals surface area (Å²) in [6.45, 7) is 0.826. The van der Waals surface area contributed by atoms with Gasteiger partial charge in [-0.25, -0.2) is 0 Å². The molecule has 0 amide bonds. The fourth-order valence-corrected chi connectivity index (χ4v) is 3.17. The lowest BCUT2D eigenvalue weighted by atomic mass is 9.78. The Morgan fingerprint density at radius 3 is 1.85 bits per heavy atom. The van der Waals surface area contributed by atoms with Gasteiger partial charge in [0.15, 0.2) is 0 Å². The van der Waals surface area contributed by atoms with Crippen molar-refractivity contribution in [1.82, 2.24) is 4.81 Å². The Hall–Kier alpha value is -1.58. The molecule has 1 fully saturated rings. The molecule has 0 unspecified atom stereocenters. The normalized spacial score (nSPS) is 20.2. The van der Waals surface area contributed by atoms with E-state index in [1.165, 1.54) is 0 Å². The molecule has 2 nitrogen and oxygen atoms in total. The summed E-state index contributed by atoms with van der Waals surface area (Å²) < 4.78 is 0. The van der Waals surface area contributed by atoms with E-state index in [9.17, 15) is 5.11 Å². The Kier molecular flexibility index (Phi) is 3.64. The lowest BCUT2D eigenvalue weighted by Crippen LogP contribution is -2.47. The molecule has 20 heavy (non-hydrogen) atoms. The zero-order valence-corrected chi connectivity index (χ0v) is 11.4. The minimum atomic E-state index is -1.06. The van der Waals surface area contributed by atoms with Gasteiger partial charge in [0.25, 0.3) is 0 Å². The van der Waals surface area contributed by atoms with Crippen LogP contribution in [0.2, 0.25) is 0 Å². The van der Waals surface area contributed by atoms with Gasteiger partial charge in [-0.2, -0.15) is 0 Å². The number of nitrogens with zero attached hydrogens (tertiary/aromatic N) is 1. The van der Waals surface area contributed by atoms with Crippen molar-refractivity contribution in [3.05, 3.63) is 71.8 Å². The molecule has 3 heteroatoms. The standard InChI is InChI=1S/C17H18BNO/c18-19-13-7-12-16(19)17(20,14-8-3-1-4-9-14)15-10-5-2-6-11-15/h1-6,8-11,16,20H,7,12-13H2/q-1/t16-/m1/s1. The van der Waals surface area contributed by atoms with E-state index in [2.05, 4.69) is 0 Å². The van der Waals surface area contributed by atoms with Gasteiger partial charge in [-0.3, -0.25) is 0 Å². The predicted molar refractivity (Wildman–Crippen MR) is 81.4 cm³/mol. The summed E-state index contributed by atoms with van der Waals surface area (Å²) in [7, 11) is 6.11. The lowest BCUT2D eigenvalue weighted by Gasteiger charge is -2.46. The molecule has 0 spiro atoms. The molecule has 0 aliphatic carbocycles. The molecule has 1 aliphatic rings. The Bertz CT molecular complexity index is 518. The summed E-state index contributed by atoms with van der Waals surface area (Å²) in [4.78, 5) is 1.78. The van der Waals surface area contributed by atoms with E-state index < -0.39 is 5.60 Å². The van der Waals surface area contributed by atoms with Crippen LogP contribution in [0, 0.1) is 0 Å². The van der Waals surface area contributed by atoms with Crippen molar-refractivity contribution in [1.29, 1.82) is 0 Å². The fourth-order valence-electron chi connectivity index (χ4n) is 3.17. The van der Waals surface area contributed by atoms with Gasteiger partial charge in [-0.05, 0) is 30.5 Å². The van der Waals surface area contributed by atoms with Gasteiger partial charge in [0, 0.05) is 6.04 Å². The van der Waals surface area contributed by atoms with Gasteiger partial charge in [0.05, 0.1) is 0 Å². The van der Waals surface area contributed by atoms with Gasteiger partial charge < -0.3 is 17.9 Å². The molecular formula is C17H18BNO-. The third-order valence-electron chi connectivity index (χ3n) is 4.20. The van der Waals surface area contributed by atoms with Crippen molar-refractivity contribution in [3.8, 4) is 0 Å². The zero-order chi connectivity index (χ0) is 14.0. The molecule has 1 atom stereocenters. The summed E-state index contributed by atoms with van der Waals surface area (Å²) >= 11 is 0. The third kappa shape index (κ3) is 2.17. The quantitative estimate of drug-likeness (QED) is 0.860. The number of rotatable bonds is 3. The Balaban J connectivity index is 2.13. The second-order valence-electron chi connectivity index (χ2n) is 5.39. The molecule has 1 N–H and O–H groups in total. The van der Waals surface area contributed by atoms with Crippen LogP contribution in [-0.2, 0) is 5.60 Å². The van der Waals surface area contributed by atoms with Crippen molar-refractivity contribution < 1.29 is 5.11 Å². The minimum Gasteiger partial charge on any atom is -0.575 e. The van der Waals surface area contributed by atoms with Gasteiger partial charge in [0.1, 0.15) is 5.60 Å². The summed E-state index contributed by atoms with van der Waals surface area (Å²) in [6.07, 6.45) is 1.92. The van der Waals surface area contributed by atoms with E-state index in [4.69, 9.17) is 7.98 Å². The first kappa shape index (κ1) is 13.4. The second-order valence-corrected chi connectivity index (χ2v) is 5.39. The highest BCUT2D eigenvalue weighted by atomic mass is 16.3. The number of hydrogen-bond donors (Lipinski definition) is 1. The van der Waals surface area contributed by atoms with Crippen LogP contribution in [0.25, 0.3) is 0 Å². The minimum absolute atomic E-state index is 0.0905. The van der Waals surface area contributed by atoms with E-state index >= 15 is 0 Å². The summed E-state index contributed by atoms with van der Waals surface area (Å²) in [6, 6.07) is 19.5. The molecule has 1 aliphatic heterocycles. The highest BCUT2D eigenvalue weighted by molar-refractivity contribution is 6.04. The van der Waals surface area contributed by atoms with Crippen LogP contribution in [0.5, 0.6) is 0 Å². The van der Waals surface area contributed by atoms with Crippen LogP contribution in [0.15, 0.2) is 60.7 Å². The van der Waals surface area contributed by atoms with Crippen molar-refractivity contribution >= 4 is 7.98 Å². The summed E-state index contributed by atoms with van der Waals surface area (Å²) in [5.74, 6) is 0. The molecule has 0 saturated carbocycles. The summed E-state index contributed by atoms with van der Waals surface area (Å²) in [5, 5.41) is 11.5. The molecule has 0 bridgehead atoms. The smallest absolute Gasteiger partial charge is 0.126 e. The Morgan fingerprint density at radius 2 is 1.45 bits per heavy atom. The van der Waals surface area contributed by atoms with E-state index in [1.54, 1.807) is 4.81 Å². The lowest BCUT2D eigenvalue weighted by molar-refractivity contribution is 0.0208. The van der Waals surface area contributed by atoms with Gasteiger partial charge in [-0.1, -0.05) is 60.7 Å². The molecule has 3 radical (unpaired) electrons. The Labute approximate surface area is 121 Å². The molecule has 0 aromatic heterocycles. The first-order valence-electron chi connectivity index (χ1n) is 7.07. The summed E-state index contributed by atoms with van der Waals surface area (Å²) in [5.41, 5.74) is 0.732. The maximum absolute atomic E-state index is 11.5. The van der Waals surface area contributed by atoms with E-state index in [0.717, 1.165) is 30.5 Å². The van der Waals surface area contributed by atoms with Crippen LogP contribution in [-0.4, -0.2) is 30.5 Å². The number of hydrogen-bond acceptors (Lipinski definition) is 2. The van der Waals surface area contributed by atoms with Crippen molar-refractivity contribution in [3.63, 3.8) is 0 Å². The average Bonchev–Trinajstić information content (AvgIpc) is 2.95. The van der Waals surface area contributed by atoms with Crippen LogP contribution in [0.4, 0.5) is 0 Å². The fraction of sp³-hybridized carbons (Fsp3) is 0.294. The first-order chi connectivity index (χ1) is 9.73. The van der Waals surface area contributed by atoms with Crippen molar-refractivity contribution in [2.45, 2.75) is 24.5 Å². The second kappa shape index (κ2) is 5.43. The van der Waals surface area contributed by atoms with Crippen molar-refractivity contribution in [2.75, 3.05) is 6.54 Å². The van der Waals surface area contributed by atoms with Crippen LogP contribution in [0.1, 0.15) is 24.0 Å². The molecule has 101 valence electrons. The first-order valence-corrected chi connectivity index (χ1v) is 7.07. The monoisotopic (exact) mass is 263 g/mol. The molecule has 1 saturated heterocycles.